The van der Waals surface area contributed by atoms with Crippen LogP contribution in [0.2, 0.25) is 0 Å². The number of aromatic hydroxyl groups is 1. The lowest BCUT2D eigenvalue weighted by molar-refractivity contribution is 0.128. The molecule has 1 aromatic carbocycles. The third kappa shape index (κ3) is 4.30. The average Bonchev–Trinajstić information content (AvgIpc) is 2.28. The van der Waals surface area contributed by atoms with Crippen molar-refractivity contribution >= 4 is 15.9 Å². The van der Waals surface area contributed by atoms with Crippen LogP contribution in [0.15, 0.2) is 22.7 Å². The van der Waals surface area contributed by atoms with Crippen molar-refractivity contribution in [3.8, 4) is 5.75 Å². The maximum absolute atomic E-state index is 10.0. The Morgan fingerprint density at radius 1 is 1.29 bits per heavy atom. The first-order chi connectivity index (χ1) is 7.91. The number of rotatable bonds is 5. The molecule has 3 nitrogen and oxygen atoms in total. The van der Waals surface area contributed by atoms with Gasteiger partial charge in [0.15, 0.2) is 0 Å². The van der Waals surface area contributed by atoms with Crippen LogP contribution >= 0.6 is 15.9 Å². The summed E-state index contributed by atoms with van der Waals surface area (Å²) in [6, 6.07) is 4.43. The Kier molecular flexibility index (Phi) is 5.43. The zero-order chi connectivity index (χ0) is 13.0. The van der Waals surface area contributed by atoms with Gasteiger partial charge in [0.05, 0.1) is 12.1 Å². The maximum atomic E-state index is 10.0. The molecule has 0 amide bonds. The van der Waals surface area contributed by atoms with E-state index in [9.17, 15) is 10.2 Å². The van der Waals surface area contributed by atoms with Gasteiger partial charge in [0, 0.05) is 4.47 Å². The minimum atomic E-state index is -0.588. The quantitative estimate of drug-likeness (QED) is 0.783. The Morgan fingerprint density at radius 3 is 2.53 bits per heavy atom. The van der Waals surface area contributed by atoms with Gasteiger partial charge in [0.25, 0.3) is 0 Å². The number of nitrogens with two attached hydrogens (primary N) is 1. The van der Waals surface area contributed by atoms with Crippen molar-refractivity contribution in [2.24, 2.45) is 11.7 Å². The summed E-state index contributed by atoms with van der Waals surface area (Å²) in [6.45, 7) is 4.23. The summed E-state index contributed by atoms with van der Waals surface area (Å²) in [6.07, 6.45) is 1.02. The molecular weight excluding hydrogens is 282 g/mol. The molecule has 0 aromatic heterocycles. The summed E-state index contributed by atoms with van der Waals surface area (Å²) in [5, 5.41) is 19.4. The van der Waals surface area contributed by atoms with E-state index in [4.69, 9.17) is 5.73 Å². The molecule has 0 saturated carbocycles. The number of aliphatic hydroxyl groups is 1. The van der Waals surface area contributed by atoms with Gasteiger partial charge in [0.1, 0.15) is 5.75 Å². The summed E-state index contributed by atoms with van der Waals surface area (Å²) in [4.78, 5) is 0. The summed E-state index contributed by atoms with van der Waals surface area (Å²) in [7, 11) is 0. The Hall–Kier alpha value is -0.580. The van der Waals surface area contributed by atoms with E-state index in [1.165, 1.54) is 0 Å². The van der Waals surface area contributed by atoms with E-state index in [0.717, 1.165) is 16.5 Å². The van der Waals surface area contributed by atoms with E-state index in [2.05, 4.69) is 29.8 Å². The van der Waals surface area contributed by atoms with Gasteiger partial charge in [0.2, 0.25) is 0 Å². The molecule has 0 saturated heterocycles. The summed E-state index contributed by atoms with van der Waals surface area (Å²) in [5.74, 6) is 0.708. The molecule has 0 bridgehead atoms. The lowest BCUT2D eigenvalue weighted by Crippen LogP contribution is -2.26. The van der Waals surface area contributed by atoms with Crippen LogP contribution < -0.4 is 5.73 Å². The number of phenolic OH excluding ortho intramolecular Hbond substituents is 1. The fourth-order valence-electron chi connectivity index (χ4n) is 1.68. The molecule has 0 spiro atoms. The highest BCUT2D eigenvalue weighted by Gasteiger charge is 2.19. The summed E-state index contributed by atoms with van der Waals surface area (Å²) in [5.41, 5.74) is 6.74. The van der Waals surface area contributed by atoms with E-state index >= 15 is 0 Å². The first kappa shape index (κ1) is 14.5. The zero-order valence-corrected chi connectivity index (χ0v) is 11.8. The van der Waals surface area contributed by atoms with Gasteiger partial charge in [-0.15, -0.1) is 0 Å². The molecule has 17 heavy (non-hydrogen) atoms. The van der Waals surface area contributed by atoms with Crippen molar-refractivity contribution < 1.29 is 10.2 Å². The Morgan fingerprint density at radius 2 is 1.94 bits per heavy atom. The molecule has 2 atom stereocenters. The topological polar surface area (TPSA) is 66.5 Å². The van der Waals surface area contributed by atoms with Crippen molar-refractivity contribution in [3.05, 3.63) is 28.2 Å². The van der Waals surface area contributed by atoms with Crippen LogP contribution in [0.3, 0.4) is 0 Å². The van der Waals surface area contributed by atoms with Gasteiger partial charge in [-0.2, -0.15) is 0 Å². The molecule has 4 N–H and O–H groups in total. The lowest BCUT2D eigenvalue weighted by Gasteiger charge is -2.21. The number of hydrogen-bond acceptors (Lipinski definition) is 3. The molecule has 0 heterocycles. The summed E-state index contributed by atoms with van der Waals surface area (Å²) < 4.78 is 0.811. The maximum Gasteiger partial charge on any atom is 0.115 e. The Labute approximate surface area is 111 Å². The Balaban J connectivity index is 2.74. The van der Waals surface area contributed by atoms with E-state index in [0.29, 0.717) is 12.3 Å². The number of halogens is 1. The molecule has 0 unspecified atom stereocenters. The van der Waals surface area contributed by atoms with Crippen molar-refractivity contribution in [1.29, 1.82) is 0 Å². The third-order valence-electron chi connectivity index (χ3n) is 2.79. The van der Waals surface area contributed by atoms with Gasteiger partial charge in [-0.3, -0.25) is 0 Å². The number of hydrogen-bond donors (Lipinski definition) is 3. The van der Waals surface area contributed by atoms with Crippen molar-refractivity contribution in [2.75, 3.05) is 0 Å². The van der Waals surface area contributed by atoms with Crippen LogP contribution in [0.4, 0.5) is 0 Å². The fraction of sp³-hybridized carbons (Fsp3) is 0.538. The fourth-order valence-corrected chi connectivity index (χ4v) is 2.19. The van der Waals surface area contributed by atoms with E-state index < -0.39 is 12.1 Å². The second kappa shape index (κ2) is 6.38. The SMILES string of the molecule is CC(C)CC[C@@H](O)[C@@H](N)c1cc(O)ccc1Br. The number of phenols is 1. The zero-order valence-electron chi connectivity index (χ0n) is 10.2. The molecular formula is C13H20BrNO2. The van der Waals surface area contributed by atoms with Crippen LogP contribution in [-0.4, -0.2) is 16.3 Å². The van der Waals surface area contributed by atoms with E-state index in [-0.39, 0.29) is 5.75 Å². The second-order valence-electron chi connectivity index (χ2n) is 4.77. The van der Waals surface area contributed by atoms with E-state index in [1.54, 1.807) is 18.2 Å². The Bertz CT molecular complexity index is 368. The van der Waals surface area contributed by atoms with Crippen LogP contribution in [0.25, 0.3) is 0 Å². The third-order valence-corrected chi connectivity index (χ3v) is 3.52. The van der Waals surface area contributed by atoms with Crippen molar-refractivity contribution in [1.82, 2.24) is 0 Å². The monoisotopic (exact) mass is 301 g/mol. The van der Waals surface area contributed by atoms with Crippen LogP contribution in [0.1, 0.15) is 38.3 Å². The summed E-state index contributed by atoms with van der Waals surface area (Å²) >= 11 is 3.38. The molecule has 0 aliphatic heterocycles. The van der Waals surface area contributed by atoms with Crippen LogP contribution in [0, 0.1) is 5.92 Å². The molecule has 0 aliphatic rings. The smallest absolute Gasteiger partial charge is 0.115 e. The number of benzene rings is 1. The molecule has 1 rings (SSSR count). The number of aliphatic hydroxyl groups excluding tert-OH is 1. The predicted octanol–water partition coefficient (Wildman–Crippen LogP) is 2.95. The highest BCUT2D eigenvalue weighted by atomic mass is 79.9. The first-order valence-corrected chi connectivity index (χ1v) is 6.63. The molecule has 1 aromatic rings. The van der Waals surface area contributed by atoms with Gasteiger partial charge in [-0.05, 0) is 42.5 Å². The largest absolute Gasteiger partial charge is 0.508 e. The highest BCUT2D eigenvalue weighted by molar-refractivity contribution is 9.10. The highest BCUT2D eigenvalue weighted by Crippen LogP contribution is 2.29. The first-order valence-electron chi connectivity index (χ1n) is 5.84. The molecule has 4 heteroatoms. The van der Waals surface area contributed by atoms with Crippen molar-refractivity contribution in [2.45, 2.75) is 38.8 Å². The lowest BCUT2D eigenvalue weighted by atomic mass is 9.96. The second-order valence-corrected chi connectivity index (χ2v) is 5.62. The normalized spacial score (nSPS) is 14.9. The average molecular weight is 302 g/mol. The van der Waals surface area contributed by atoms with Gasteiger partial charge < -0.3 is 15.9 Å². The molecule has 0 fully saturated rings. The van der Waals surface area contributed by atoms with Crippen molar-refractivity contribution in [3.63, 3.8) is 0 Å². The van der Waals surface area contributed by atoms with Gasteiger partial charge in [-0.25, -0.2) is 0 Å². The van der Waals surface area contributed by atoms with Crippen LogP contribution in [0.5, 0.6) is 5.75 Å². The minimum absolute atomic E-state index is 0.162. The minimum Gasteiger partial charge on any atom is -0.508 e. The van der Waals surface area contributed by atoms with Gasteiger partial charge in [-0.1, -0.05) is 29.8 Å². The standard InChI is InChI=1S/C13H20BrNO2/c1-8(2)3-6-12(17)13(15)10-7-9(16)4-5-11(10)14/h4-5,7-8,12-13,16-17H,3,6,15H2,1-2H3/t12-,13+/m1/s1. The van der Waals surface area contributed by atoms with E-state index in [1.807, 2.05) is 0 Å². The predicted molar refractivity (Wildman–Crippen MR) is 72.8 cm³/mol. The van der Waals surface area contributed by atoms with Gasteiger partial charge >= 0.3 is 0 Å². The molecule has 0 aliphatic carbocycles. The molecule has 96 valence electrons. The van der Waals surface area contributed by atoms with Crippen LogP contribution in [-0.2, 0) is 0 Å². The molecule has 0 radical (unpaired) electrons.